The summed E-state index contributed by atoms with van der Waals surface area (Å²) in [6.45, 7) is 3.88. The van der Waals surface area contributed by atoms with Crippen LogP contribution in [0.5, 0.6) is 5.75 Å². The zero-order chi connectivity index (χ0) is 24.0. The third-order valence-corrected chi connectivity index (χ3v) is 6.46. The lowest BCUT2D eigenvalue weighted by Gasteiger charge is -2.53. The summed E-state index contributed by atoms with van der Waals surface area (Å²) in [4.78, 5) is 41.2. The molecule has 0 saturated carbocycles. The Labute approximate surface area is 196 Å². The number of amides is 3. The first-order valence-electron chi connectivity index (χ1n) is 11.1. The summed E-state index contributed by atoms with van der Waals surface area (Å²) in [5.74, 6) is 0.0105. The number of para-hydroxylation sites is 1. The van der Waals surface area contributed by atoms with Gasteiger partial charge in [0.05, 0.1) is 11.0 Å². The second-order valence-corrected chi connectivity index (χ2v) is 8.66. The fourth-order valence-corrected chi connectivity index (χ4v) is 4.83. The van der Waals surface area contributed by atoms with E-state index in [0.29, 0.717) is 17.9 Å². The molecule has 2 bridgehead atoms. The highest BCUT2D eigenvalue weighted by Gasteiger charge is 2.55. The molecule has 2 atom stereocenters. The van der Waals surface area contributed by atoms with Crippen LogP contribution in [-0.4, -0.2) is 27.5 Å². The number of anilines is 1. The van der Waals surface area contributed by atoms with Gasteiger partial charge in [0.25, 0.3) is 11.6 Å². The largest absolute Gasteiger partial charge is 0.467 e. The zero-order valence-corrected chi connectivity index (χ0v) is 18.8. The van der Waals surface area contributed by atoms with E-state index in [9.17, 15) is 19.7 Å². The molecule has 3 aromatic rings. The van der Waals surface area contributed by atoms with Gasteiger partial charge in [-0.2, -0.15) is 0 Å². The van der Waals surface area contributed by atoms with Crippen LogP contribution in [0.25, 0.3) is 0 Å². The molecule has 3 aromatic carbocycles. The maximum atomic E-state index is 14.0. The normalized spacial score (nSPS) is 21.0. The molecule has 8 heteroatoms. The summed E-state index contributed by atoms with van der Waals surface area (Å²) in [6.07, 6.45) is 1.14. The van der Waals surface area contributed by atoms with E-state index in [0.717, 1.165) is 17.5 Å². The number of rotatable bonds is 4. The zero-order valence-electron chi connectivity index (χ0n) is 18.8. The summed E-state index contributed by atoms with van der Waals surface area (Å²) in [7, 11) is 0. The predicted octanol–water partition coefficient (Wildman–Crippen LogP) is 5.48. The fraction of sp³-hybridized carbons (Fsp3) is 0.231. The number of nitrogens with zero attached hydrogens (tertiary/aromatic N) is 3. The Morgan fingerprint density at radius 2 is 1.88 bits per heavy atom. The van der Waals surface area contributed by atoms with E-state index in [1.54, 1.807) is 0 Å². The van der Waals surface area contributed by atoms with E-state index in [2.05, 4.69) is 0 Å². The number of carbonyl (C=O) groups is 2. The van der Waals surface area contributed by atoms with Crippen molar-refractivity contribution in [3.05, 3.63) is 99.6 Å². The number of urea groups is 1. The summed E-state index contributed by atoms with van der Waals surface area (Å²) in [5, 5.41) is 11.3. The lowest BCUT2D eigenvalue weighted by atomic mass is 9.88. The van der Waals surface area contributed by atoms with Crippen LogP contribution in [0.15, 0.2) is 72.8 Å². The number of benzene rings is 3. The van der Waals surface area contributed by atoms with Crippen molar-refractivity contribution < 1.29 is 19.2 Å². The Balaban J connectivity index is 1.66. The third kappa shape index (κ3) is 3.39. The molecule has 2 aliphatic heterocycles. The van der Waals surface area contributed by atoms with Crippen molar-refractivity contribution in [1.29, 1.82) is 0 Å². The van der Waals surface area contributed by atoms with Crippen LogP contribution in [0.1, 0.15) is 47.8 Å². The minimum atomic E-state index is -1.01. The van der Waals surface area contributed by atoms with Crippen molar-refractivity contribution in [3.8, 4) is 5.75 Å². The maximum absolute atomic E-state index is 14.0. The highest BCUT2D eigenvalue weighted by molar-refractivity contribution is 6.10. The number of hydrogen-bond acceptors (Lipinski definition) is 5. The molecule has 0 N–H and O–H groups in total. The molecule has 34 heavy (non-hydrogen) atoms. The first-order chi connectivity index (χ1) is 16.3. The minimum Gasteiger partial charge on any atom is -0.467 e. The second-order valence-electron chi connectivity index (χ2n) is 8.66. The molecule has 5 rings (SSSR count). The second kappa shape index (κ2) is 7.98. The molecular weight excluding hydrogens is 434 g/mol. The van der Waals surface area contributed by atoms with E-state index < -0.39 is 28.6 Å². The molecule has 8 nitrogen and oxygen atoms in total. The summed E-state index contributed by atoms with van der Waals surface area (Å²) < 4.78 is 6.36. The first kappa shape index (κ1) is 21.6. The third-order valence-electron chi connectivity index (χ3n) is 6.46. The van der Waals surface area contributed by atoms with Crippen LogP contribution in [0.3, 0.4) is 0 Å². The van der Waals surface area contributed by atoms with Crippen LogP contribution >= 0.6 is 0 Å². The Hall–Kier alpha value is -4.20. The molecule has 2 aliphatic rings. The Bertz CT molecular complexity index is 1320. The molecule has 0 aromatic heterocycles. The number of imide groups is 1. The van der Waals surface area contributed by atoms with Gasteiger partial charge in [-0.05, 0) is 43.2 Å². The number of nitro benzene ring substituents is 1. The van der Waals surface area contributed by atoms with Gasteiger partial charge in [-0.25, -0.2) is 4.79 Å². The molecule has 3 amide bonds. The van der Waals surface area contributed by atoms with Crippen LogP contribution < -0.4 is 9.64 Å². The summed E-state index contributed by atoms with van der Waals surface area (Å²) >= 11 is 0. The highest BCUT2D eigenvalue weighted by Crippen LogP contribution is 2.49. The lowest BCUT2D eigenvalue weighted by Crippen LogP contribution is -2.67. The van der Waals surface area contributed by atoms with Crippen molar-refractivity contribution in [2.45, 2.75) is 38.5 Å². The first-order valence-corrected chi connectivity index (χ1v) is 11.1. The monoisotopic (exact) mass is 457 g/mol. The summed E-state index contributed by atoms with van der Waals surface area (Å²) in [5.41, 5.74) is 1.26. The Morgan fingerprint density at radius 3 is 2.65 bits per heavy atom. The number of carbonyl (C=O) groups excluding carboxylic acids is 2. The molecule has 0 unspecified atom stereocenters. The van der Waals surface area contributed by atoms with Gasteiger partial charge in [-0.15, -0.1) is 0 Å². The predicted molar refractivity (Wildman–Crippen MR) is 126 cm³/mol. The van der Waals surface area contributed by atoms with Gasteiger partial charge < -0.3 is 4.74 Å². The van der Waals surface area contributed by atoms with E-state index in [1.807, 2.05) is 62.4 Å². The average molecular weight is 457 g/mol. The molecule has 2 heterocycles. The van der Waals surface area contributed by atoms with Gasteiger partial charge in [0, 0.05) is 35.4 Å². The highest BCUT2D eigenvalue weighted by atomic mass is 16.6. The van der Waals surface area contributed by atoms with Crippen molar-refractivity contribution in [3.63, 3.8) is 0 Å². The van der Waals surface area contributed by atoms with Gasteiger partial charge in [0.15, 0.2) is 5.72 Å². The molecule has 0 spiro atoms. The molecule has 172 valence electrons. The van der Waals surface area contributed by atoms with Gasteiger partial charge in [-0.1, -0.05) is 43.3 Å². The molecular formula is C26H23N3O5. The van der Waals surface area contributed by atoms with Crippen LogP contribution in [-0.2, 0) is 6.42 Å². The maximum Gasteiger partial charge on any atom is 0.335 e. The standard InChI is InChI=1S/C26H23N3O5/c1-3-17-8-6-10-19(14-17)28-25(31)27(24(30)18-9-7-11-20(15-18)29(32)33)22-16-26(28,2)34-23-13-5-4-12-21(22)23/h4-15,22H,3,16H2,1-2H3/t22-,26+/m1/s1. The van der Waals surface area contributed by atoms with Gasteiger partial charge in [-0.3, -0.25) is 24.7 Å². The Morgan fingerprint density at radius 1 is 1.12 bits per heavy atom. The molecule has 0 aliphatic carbocycles. The molecule has 1 fully saturated rings. The lowest BCUT2D eigenvalue weighted by molar-refractivity contribution is -0.384. The fourth-order valence-electron chi connectivity index (χ4n) is 4.83. The van der Waals surface area contributed by atoms with Crippen LogP contribution in [0, 0.1) is 10.1 Å². The van der Waals surface area contributed by atoms with Crippen molar-refractivity contribution in [1.82, 2.24) is 4.90 Å². The SMILES string of the molecule is CCc1cccc(N2C(=O)N(C(=O)c3cccc([N+](=O)[O-])c3)[C@@H]3C[C@]2(C)Oc2ccccc23)c1. The number of aryl methyl sites for hydroxylation is 1. The number of hydrogen-bond donors (Lipinski definition) is 0. The average Bonchev–Trinajstić information content (AvgIpc) is 2.83. The summed E-state index contributed by atoms with van der Waals surface area (Å²) in [6, 6.07) is 19.3. The van der Waals surface area contributed by atoms with E-state index in [1.165, 1.54) is 34.1 Å². The van der Waals surface area contributed by atoms with Crippen LogP contribution in [0.2, 0.25) is 0 Å². The molecule has 0 radical (unpaired) electrons. The molecule has 1 saturated heterocycles. The van der Waals surface area contributed by atoms with E-state index in [4.69, 9.17) is 4.74 Å². The van der Waals surface area contributed by atoms with Crippen LogP contribution in [0.4, 0.5) is 16.2 Å². The van der Waals surface area contributed by atoms with E-state index in [-0.39, 0.29) is 11.3 Å². The number of non-ortho nitro benzene ring substituents is 1. The quantitative estimate of drug-likeness (QED) is 0.382. The topological polar surface area (TPSA) is 93.0 Å². The number of ether oxygens (including phenoxy) is 1. The van der Waals surface area contributed by atoms with Gasteiger partial charge in [0.2, 0.25) is 0 Å². The number of fused-ring (bicyclic) bond motifs is 4. The van der Waals surface area contributed by atoms with E-state index >= 15 is 0 Å². The van der Waals surface area contributed by atoms with Crippen molar-refractivity contribution in [2.75, 3.05) is 4.90 Å². The minimum absolute atomic E-state index is 0.0809. The number of nitro groups is 1. The van der Waals surface area contributed by atoms with Gasteiger partial charge in [0.1, 0.15) is 5.75 Å². The smallest absolute Gasteiger partial charge is 0.335 e. The van der Waals surface area contributed by atoms with Gasteiger partial charge >= 0.3 is 6.03 Å². The Kier molecular flexibility index (Phi) is 5.08. The van der Waals surface area contributed by atoms with Crippen molar-refractivity contribution >= 4 is 23.3 Å². The van der Waals surface area contributed by atoms with Crippen molar-refractivity contribution in [2.24, 2.45) is 0 Å².